The van der Waals surface area contributed by atoms with Crippen LogP contribution < -0.4 is 5.48 Å². The zero-order chi connectivity index (χ0) is 9.80. The zero-order valence-corrected chi connectivity index (χ0v) is 7.18. The summed E-state index contributed by atoms with van der Waals surface area (Å²) >= 11 is 0. The molecule has 0 bridgehead atoms. The predicted octanol–water partition coefficient (Wildman–Crippen LogP) is 2.26. The van der Waals surface area contributed by atoms with Gasteiger partial charge in [-0.2, -0.15) is 5.48 Å². The molecule has 0 saturated carbocycles. The van der Waals surface area contributed by atoms with E-state index in [9.17, 15) is 4.91 Å². The average molecular weight is 189 g/mol. The molecule has 0 amide bonds. The normalized spacial score (nSPS) is 9.71. The summed E-state index contributed by atoms with van der Waals surface area (Å²) in [6.45, 7) is 0. The van der Waals surface area contributed by atoms with E-state index in [4.69, 9.17) is 0 Å². The van der Waals surface area contributed by atoms with Gasteiger partial charge in [0.25, 0.3) is 0 Å². The lowest BCUT2D eigenvalue weighted by Gasteiger charge is -2.01. The van der Waals surface area contributed by atoms with Gasteiger partial charge in [-0.15, -0.1) is 4.91 Å². The Morgan fingerprint density at radius 2 is 2.07 bits per heavy atom. The molecule has 1 aromatic heterocycles. The number of benzene rings is 1. The largest absolute Gasteiger partial charge is 0.231 e. The lowest BCUT2D eigenvalue weighted by Crippen LogP contribution is -1.96. The van der Waals surface area contributed by atoms with Crippen molar-refractivity contribution in [2.24, 2.45) is 5.34 Å². The fourth-order valence-corrected chi connectivity index (χ4v) is 1.19. The minimum Gasteiger partial charge on any atom is -0.231 e. The van der Waals surface area contributed by atoms with Crippen molar-refractivity contribution in [3.8, 4) is 0 Å². The van der Waals surface area contributed by atoms with E-state index in [-0.39, 0.29) is 0 Å². The molecule has 0 unspecified atom stereocenters. The van der Waals surface area contributed by atoms with Crippen LogP contribution in [0.5, 0.6) is 0 Å². The number of nitrogens with zero attached hydrogens (tertiary/aromatic N) is 2. The predicted molar refractivity (Wildman–Crippen MR) is 52.2 cm³/mol. The molecule has 1 N–H and O–H groups in total. The number of hydrogen-bond acceptors (Lipinski definition) is 5. The van der Waals surface area contributed by atoms with Crippen molar-refractivity contribution < 1.29 is 4.94 Å². The second-order valence-electron chi connectivity index (χ2n) is 2.66. The molecule has 1 heterocycles. The summed E-state index contributed by atoms with van der Waals surface area (Å²) in [5, 5.41) is 3.24. The first-order valence-electron chi connectivity index (χ1n) is 4.00. The summed E-state index contributed by atoms with van der Waals surface area (Å²) in [6.07, 6.45) is 0. The average Bonchev–Trinajstić information content (AvgIpc) is 2.26. The molecule has 2 rings (SSSR count). The van der Waals surface area contributed by atoms with Gasteiger partial charge >= 0.3 is 0 Å². The first-order chi connectivity index (χ1) is 6.90. The Labute approximate surface area is 79.6 Å². The van der Waals surface area contributed by atoms with Gasteiger partial charge in [-0.25, -0.2) is 9.92 Å². The molecule has 0 aliphatic rings. The maximum Gasteiger partial charge on any atom is 0.182 e. The van der Waals surface area contributed by atoms with Gasteiger partial charge in [0, 0.05) is 5.39 Å². The molecular formula is C9H7N3O2. The molecule has 0 atom stereocenters. The molecule has 0 aliphatic carbocycles. The van der Waals surface area contributed by atoms with Crippen LogP contribution in [0.25, 0.3) is 10.9 Å². The topological polar surface area (TPSA) is 63.6 Å². The number of fused-ring (bicyclic) bond motifs is 1. The maximum atomic E-state index is 9.68. The van der Waals surface area contributed by atoms with Crippen LogP contribution in [0.4, 0.5) is 5.82 Å². The van der Waals surface area contributed by atoms with E-state index in [0.29, 0.717) is 5.82 Å². The number of hydrogen-bond donors (Lipinski definition) is 1. The lowest BCUT2D eigenvalue weighted by atomic mass is 10.2. The zero-order valence-electron chi connectivity index (χ0n) is 7.18. The van der Waals surface area contributed by atoms with Crippen molar-refractivity contribution in [1.29, 1.82) is 0 Å². The molecule has 14 heavy (non-hydrogen) atoms. The summed E-state index contributed by atoms with van der Waals surface area (Å²) in [4.78, 5) is 18.0. The molecule has 0 spiro atoms. The third-order valence-electron chi connectivity index (χ3n) is 1.79. The molecule has 2 aromatic rings. The van der Waals surface area contributed by atoms with Crippen LogP contribution in [0.2, 0.25) is 0 Å². The van der Waals surface area contributed by atoms with E-state index in [1.54, 1.807) is 6.07 Å². The van der Waals surface area contributed by atoms with Crippen LogP contribution in [0.1, 0.15) is 0 Å². The first kappa shape index (κ1) is 8.43. The smallest absolute Gasteiger partial charge is 0.182 e. The van der Waals surface area contributed by atoms with Gasteiger partial charge in [-0.05, 0) is 18.2 Å². The minimum absolute atomic E-state index is 0.448. The summed E-state index contributed by atoms with van der Waals surface area (Å²) in [6, 6.07) is 11.2. The molecule has 0 fully saturated rings. The molecule has 70 valence electrons. The van der Waals surface area contributed by atoms with E-state index in [2.05, 4.69) is 20.7 Å². The second-order valence-corrected chi connectivity index (χ2v) is 2.66. The number of aromatic nitrogens is 1. The fourth-order valence-electron chi connectivity index (χ4n) is 1.19. The highest BCUT2D eigenvalue weighted by Gasteiger charge is 1.96. The molecule has 1 aromatic carbocycles. The SMILES string of the molecule is O=NONc1ccc2ccccc2n1. The number of anilines is 1. The van der Waals surface area contributed by atoms with Crippen LogP contribution >= 0.6 is 0 Å². The van der Waals surface area contributed by atoms with Gasteiger partial charge in [-0.1, -0.05) is 18.2 Å². The van der Waals surface area contributed by atoms with Crippen molar-refractivity contribution in [2.75, 3.05) is 5.48 Å². The molecule has 0 radical (unpaired) electrons. The summed E-state index contributed by atoms with van der Waals surface area (Å²) in [5.41, 5.74) is 3.12. The third kappa shape index (κ3) is 1.61. The van der Waals surface area contributed by atoms with Gasteiger partial charge in [0.15, 0.2) is 11.2 Å². The van der Waals surface area contributed by atoms with E-state index in [1.165, 1.54) is 0 Å². The van der Waals surface area contributed by atoms with Gasteiger partial charge < -0.3 is 0 Å². The Morgan fingerprint density at radius 1 is 1.21 bits per heavy atom. The van der Waals surface area contributed by atoms with Crippen molar-refractivity contribution >= 4 is 16.7 Å². The quantitative estimate of drug-likeness (QED) is 0.594. The monoisotopic (exact) mass is 189 g/mol. The molecule has 0 aliphatic heterocycles. The van der Waals surface area contributed by atoms with Gasteiger partial charge in [0.05, 0.1) is 5.52 Å². The van der Waals surface area contributed by atoms with Gasteiger partial charge in [-0.3, -0.25) is 0 Å². The minimum atomic E-state index is 0.448. The fraction of sp³-hybridized carbons (Fsp3) is 0. The van der Waals surface area contributed by atoms with Crippen molar-refractivity contribution in [3.05, 3.63) is 41.3 Å². The number of para-hydroxylation sites is 1. The van der Waals surface area contributed by atoms with E-state index < -0.39 is 0 Å². The second kappa shape index (κ2) is 3.69. The van der Waals surface area contributed by atoms with Crippen LogP contribution in [-0.4, -0.2) is 4.98 Å². The molecule has 0 saturated heterocycles. The van der Waals surface area contributed by atoms with E-state index in [1.807, 2.05) is 30.3 Å². The van der Waals surface area contributed by atoms with Crippen molar-refractivity contribution in [2.45, 2.75) is 0 Å². The summed E-state index contributed by atoms with van der Waals surface area (Å²) < 4.78 is 0. The van der Waals surface area contributed by atoms with Crippen LogP contribution in [0.15, 0.2) is 41.7 Å². The maximum absolute atomic E-state index is 9.68. The summed E-state index contributed by atoms with van der Waals surface area (Å²) in [7, 11) is 0. The number of nitrogens with one attached hydrogen (secondary N) is 1. The van der Waals surface area contributed by atoms with Gasteiger partial charge in [0.2, 0.25) is 0 Å². The Kier molecular flexibility index (Phi) is 2.22. The van der Waals surface area contributed by atoms with Crippen LogP contribution in [-0.2, 0) is 4.94 Å². The third-order valence-corrected chi connectivity index (χ3v) is 1.79. The van der Waals surface area contributed by atoms with Crippen molar-refractivity contribution in [1.82, 2.24) is 4.98 Å². The Balaban J connectivity index is 2.36. The standard InChI is InChI=1S/C9H7N3O2/c13-12-14-11-9-6-5-7-3-1-2-4-8(7)10-9/h1-6H,(H,10,11). The van der Waals surface area contributed by atoms with E-state index in [0.717, 1.165) is 10.9 Å². The molecule has 5 heteroatoms. The lowest BCUT2D eigenvalue weighted by molar-refractivity contribution is 0.201. The molecule has 5 nitrogen and oxygen atoms in total. The molecular weight excluding hydrogens is 182 g/mol. The summed E-state index contributed by atoms with van der Waals surface area (Å²) in [5.74, 6) is 0.448. The first-order valence-corrected chi connectivity index (χ1v) is 4.00. The number of pyridine rings is 1. The highest BCUT2D eigenvalue weighted by atomic mass is 16.8. The highest BCUT2D eigenvalue weighted by Crippen LogP contribution is 2.14. The van der Waals surface area contributed by atoms with Crippen LogP contribution in [0, 0.1) is 4.91 Å². The van der Waals surface area contributed by atoms with E-state index >= 15 is 0 Å². The number of rotatable bonds is 3. The Morgan fingerprint density at radius 3 is 2.93 bits per heavy atom. The Hall–Kier alpha value is -2.17. The Bertz CT molecular complexity index is 459. The van der Waals surface area contributed by atoms with Crippen molar-refractivity contribution in [3.63, 3.8) is 0 Å². The van der Waals surface area contributed by atoms with Crippen LogP contribution in [0.3, 0.4) is 0 Å². The highest BCUT2D eigenvalue weighted by molar-refractivity contribution is 5.79. The van der Waals surface area contributed by atoms with Gasteiger partial charge in [0.1, 0.15) is 0 Å².